The molecule has 0 aliphatic carbocycles. The number of nitriles is 1. The number of ketones is 1. The van der Waals surface area contributed by atoms with Crippen LogP contribution in [0.2, 0.25) is 0 Å². The first-order valence-corrected chi connectivity index (χ1v) is 9.67. The van der Waals surface area contributed by atoms with Gasteiger partial charge in [-0.1, -0.05) is 36.4 Å². The molecule has 0 saturated heterocycles. The van der Waals surface area contributed by atoms with Crippen LogP contribution in [0.4, 0.5) is 5.69 Å². The summed E-state index contributed by atoms with van der Waals surface area (Å²) in [4.78, 5) is 27.5. The minimum atomic E-state index is -0.568. The van der Waals surface area contributed by atoms with E-state index in [4.69, 9.17) is 0 Å². The first-order valence-electron chi connectivity index (χ1n) is 8.69. The van der Waals surface area contributed by atoms with E-state index in [9.17, 15) is 14.9 Å². The zero-order chi connectivity index (χ0) is 19.7. The van der Waals surface area contributed by atoms with Gasteiger partial charge in [0.05, 0.1) is 17.8 Å². The van der Waals surface area contributed by atoms with Crippen molar-refractivity contribution in [3.63, 3.8) is 0 Å². The molecular formula is C21H16N4O2S. The number of hydrogen-bond donors (Lipinski definition) is 0. The Kier molecular flexibility index (Phi) is 4.72. The third kappa shape index (κ3) is 3.08. The molecule has 1 aliphatic rings. The number of nitrogens with zero attached hydrogens (tertiary/aromatic N) is 4. The van der Waals surface area contributed by atoms with Crippen LogP contribution in [0.25, 0.3) is 11.3 Å². The molecule has 1 aromatic heterocycles. The number of amides is 1. The predicted octanol–water partition coefficient (Wildman–Crippen LogP) is 3.78. The Labute approximate surface area is 166 Å². The highest BCUT2D eigenvalue weighted by Gasteiger charge is 2.29. The molecule has 7 heteroatoms. The van der Waals surface area contributed by atoms with Crippen LogP contribution in [0.3, 0.4) is 0 Å². The summed E-state index contributed by atoms with van der Waals surface area (Å²) < 4.78 is 1.70. The lowest BCUT2D eigenvalue weighted by molar-refractivity contribution is -0.117. The summed E-state index contributed by atoms with van der Waals surface area (Å²) in [5, 5.41) is 13.8. The smallest absolute Gasteiger partial charge is 0.248 e. The largest absolute Gasteiger partial charge is 0.292 e. The first-order chi connectivity index (χ1) is 13.6. The van der Waals surface area contributed by atoms with Crippen molar-refractivity contribution in [2.75, 3.05) is 4.90 Å². The van der Waals surface area contributed by atoms with Crippen molar-refractivity contribution in [3.8, 4) is 17.5 Å². The highest BCUT2D eigenvalue weighted by Crippen LogP contribution is 2.42. The molecule has 0 bridgehead atoms. The Morgan fingerprint density at radius 2 is 1.89 bits per heavy atom. The molecule has 6 nitrogen and oxygen atoms in total. The fraction of sp³-hybridized carbons (Fsp3) is 0.143. The number of thioether (sulfide) groups is 1. The fourth-order valence-corrected chi connectivity index (χ4v) is 4.41. The normalized spacial score (nSPS) is 11.9. The van der Waals surface area contributed by atoms with Gasteiger partial charge in [-0.05, 0) is 18.2 Å². The van der Waals surface area contributed by atoms with Gasteiger partial charge in [0.1, 0.15) is 5.69 Å². The number of anilines is 1. The number of Topliss-reactive ketones (excluding diaryl/α,β-unsaturated/α-hetero) is 1. The monoisotopic (exact) mass is 388 g/mol. The summed E-state index contributed by atoms with van der Waals surface area (Å²) in [6, 6.07) is 16.6. The third-order valence-electron chi connectivity index (χ3n) is 4.60. The summed E-state index contributed by atoms with van der Waals surface area (Å²) in [6.07, 6.45) is 1.45. The zero-order valence-corrected chi connectivity index (χ0v) is 15.9. The molecule has 1 amide bonds. The molecule has 0 spiro atoms. The second-order valence-corrected chi connectivity index (χ2v) is 7.37. The predicted molar refractivity (Wildman–Crippen MR) is 107 cm³/mol. The molecule has 4 rings (SSSR count). The number of aromatic nitrogens is 2. The number of aryl methyl sites for hydroxylation is 1. The second-order valence-electron chi connectivity index (χ2n) is 6.35. The van der Waals surface area contributed by atoms with Crippen LogP contribution in [-0.2, 0) is 17.6 Å². The molecular weight excluding hydrogens is 372 g/mol. The average molecular weight is 388 g/mol. The zero-order valence-electron chi connectivity index (χ0n) is 15.1. The minimum Gasteiger partial charge on any atom is -0.292 e. The van der Waals surface area contributed by atoms with Crippen LogP contribution in [0.15, 0.2) is 59.5 Å². The minimum absolute atomic E-state index is 0.304. The van der Waals surface area contributed by atoms with Crippen molar-refractivity contribution in [2.24, 2.45) is 7.05 Å². The first kappa shape index (κ1) is 18.0. The molecule has 138 valence electrons. The van der Waals surface area contributed by atoms with E-state index in [2.05, 4.69) is 5.10 Å². The van der Waals surface area contributed by atoms with Crippen molar-refractivity contribution in [1.82, 2.24) is 9.78 Å². The van der Waals surface area contributed by atoms with Gasteiger partial charge in [-0.3, -0.25) is 14.3 Å². The Hall–Kier alpha value is -3.37. The summed E-state index contributed by atoms with van der Waals surface area (Å²) in [7, 11) is 1.80. The number of hydrogen-bond acceptors (Lipinski definition) is 5. The third-order valence-corrected chi connectivity index (χ3v) is 5.70. The number of carbonyl (C=O) groups excluding carboxylic acids is 2. The highest BCUT2D eigenvalue weighted by molar-refractivity contribution is 7.98. The highest BCUT2D eigenvalue weighted by atomic mass is 32.2. The quantitative estimate of drug-likeness (QED) is 0.294. The van der Waals surface area contributed by atoms with Crippen molar-refractivity contribution in [2.45, 2.75) is 17.1 Å². The molecule has 0 N–H and O–H groups in total. The van der Waals surface area contributed by atoms with Gasteiger partial charge in [-0.15, -0.1) is 11.8 Å². The number of para-hydroxylation sites is 1. The van der Waals surface area contributed by atoms with Crippen LogP contribution in [0.5, 0.6) is 0 Å². The van der Waals surface area contributed by atoms with Gasteiger partial charge < -0.3 is 0 Å². The van der Waals surface area contributed by atoms with Gasteiger partial charge in [-0.2, -0.15) is 10.4 Å². The molecule has 0 unspecified atom stereocenters. The molecule has 2 heterocycles. The lowest BCUT2D eigenvalue weighted by Gasteiger charge is -2.17. The maximum absolute atomic E-state index is 12.9. The topological polar surface area (TPSA) is 79.0 Å². The Balaban J connectivity index is 1.62. The molecule has 0 atom stereocenters. The fourth-order valence-electron chi connectivity index (χ4n) is 3.34. The van der Waals surface area contributed by atoms with E-state index in [-0.39, 0.29) is 5.78 Å². The van der Waals surface area contributed by atoms with Crippen LogP contribution in [0.1, 0.15) is 22.5 Å². The summed E-state index contributed by atoms with van der Waals surface area (Å²) in [5.74, 6) is -0.323. The van der Waals surface area contributed by atoms with Gasteiger partial charge in [0, 0.05) is 28.8 Å². The maximum atomic E-state index is 12.9. The summed E-state index contributed by atoms with van der Waals surface area (Å²) in [5.41, 5.74) is 3.53. The number of benzene rings is 2. The maximum Gasteiger partial charge on any atom is 0.248 e. The van der Waals surface area contributed by atoms with E-state index in [1.54, 1.807) is 53.8 Å². The van der Waals surface area contributed by atoms with Crippen molar-refractivity contribution in [3.05, 3.63) is 65.9 Å². The molecule has 0 fully saturated rings. The Morgan fingerprint density at radius 3 is 2.64 bits per heavy atom. The van der Waals surface area contributed by atoms with Crippen molar-refractivity contribution < 1.29 is 9.59 Å². The van der Waals surface area contributed by atoms with Crippen LogP contribution in [0, 0.1) is 11.5 Å². The van der Waals surface area contributed by atoms with Crippen LogP contribution >= 0.6 is 11.8 Å². The second kappa shape index (κ2) is 7.33. The van der Waals surface area contributed by atoms with Gasteiger partial charge in [0.2, 0.25) is 5.91 Å². The van der Waals surface area contributed by atoms with E-state index >= 15 is 0 Å². The summed E-state index contributed by atoms with van der Waals surface area (Å²) >= 11 is 1.65. The standard InChI is InChI=1S/C21H16N4O2S/c1-24-21-15-9-5-6-10-18(15)28-12-16(21)20(23-24)17(26)11-19(27)25(13-22)14-7-3-2-4-8-14/h2-10H,11-12H2,1H3. The SMILES string of the molecule is Cn1nc(C(=O)CC(=O)N(C#N)c2ccccc2)c2c1-c1ccccc1SC2. The van der Waals surface area contributed by atoms with Crippen LogP contribution < -0.4 is 4.90 Å². The van der Waals surface area contributed by atoms with E-state index in [1.807, 2.05) is 30.5 Å². The van der Waals surface area contributed by atoms with Gasteiger partial charge in [0.25, 0.3) is 0 Å². The number of carbonyl (C=O) groups is 2. The summed E-state index contributed by atoms with van der Waals surface area (Å²) in [6.45, 7) is 0. The van der Waals surface area contributed by atoms with E-state index < -0.39 is 12.3 Å². The van der Waals surface area contributed by atoms with Crippen molar-refractivity contribution in [1.29, 1.82) is 5.26 Å². The van der Waals surface area contributed by atoms with Crippen LogP contribution in [-0.4, -0.2) is 21.5 Å². The number of fused-ring (bicyclic) bond motifs is 3. The lowest BCUT2D eigenvalue weighted by atomic mass is 10.0. The van der Waals surface area contributed by atoms with Gasteiger partial charge >= 0.3 is 0 Å². The van der Waals surface area contributed by atoms with E-state index in [0.717, 1.165) is 26.6 Å². The molecule has 3 aromatic rings. The number of rotatable bonds is 4. The molecule has 28 heavy (non-hydrogen) atoms. The van der Waals surface area contributed by atoms with Gasteiger partial charge in [0.15, 0.2) is 12.0 Å². The molecule has 2 aromatic carbocycles. The molecule has 1 aliphatic heterocycles. The Bertz CT molecular complexity index is 1120. The molecule has 0 radical (unpaired) electrons. The molecule has 0 saturated carbocycles. The lowest BCUT2D eigenvalue weighted by Crippen LogP contribution is -2.28. The van der Waals surface area contributed by atoms with E-state index in [1.165, 1.54) is 0 Å². The average Bonchev–Trinajstić information content (AvgIpc) is 3.06. The van der Waals surface area contributed by atoms with Crippen molar-refractivity contribution >= 4 is 29.1 Å². The van der Waals surface area contributed by atoms with E-state index in [0.29, 0.717) is 17.1 Å². The Morgan fingerprint density at radius 1 is 1.18 bits per heavy atom. The van der Waals surface area contributed by atoms with Gasteiger partial charge in [-0.25, -0.2) is 4.90 Å².